The molecular weight excluding hydrogens is 266 g/mol. The topological polar surface area (TPSA) is 23.5 Å². The second-order valence-corrected chi connectivity index (χ2v) is 5.37. The summed E-state index contributed by atoms with van der Waals surface area (Å²) in [5.74, 6) is 0. The van der Waals surface area contributed by atoms with Crippen LogP contribution in [0.5, 0.6) is 0 Å². The first-order valence-electron chi connectivity index (χ1n) is 5.86. The molecule has 2 rings (SSSR count). The predicted octanol–water partition coefficient (Wildman–Crippen LogP) is 3.11. The number of nitrogens with zero attached hydrogens (tertiary/aromatic N) is 1. The van der Waals surface area contributed by atoms with Gasteiger partial charge in [0, 0.05) is 16.7 Å². The van der Waals surface area contributed by atoms with Crippen LogP contribution in [0.25, 0.3) is 0 Å². The molecule has 0 amide bonds. The van der Waals surface area contributed by atoms with Gasteiger partial charge in [0.1, 0.15) is 0 Å². The van der Waals surface area contributed by atoms with Crippen LogP contribution in [0.15, 0.2) is 22.7 Å². The Bertz CT molecular complexity index is 367. The number of hydrogen-bond acceptors (Lipinski definition) is 2. The molecule has 0 aliphatic carbocycles. The Morgan fingerprint density at radius 3 is 2.94 bits per heavy atom. The van der Waals surface area contributed by atoms with Crippen LogP contribution in [-0.4, -0.2) is 24.3 Å². The smallest absolute Gasteiger partial charge is 0.0635 e. The van der Waals surface area contributed by atoms with E-state index in [1.807, 2.05) is 0 Å². The van der Waals surface area contributed by atoms with Crippen LogP contribution in [-0.2, 0) is 0 Å². The molecule has 1 aromatic carbocycles. The number of benzene rings is 1. The van der Waals surface area contributed by atoms with Crippen molar-refractivity contribution in [3.63, 3.8) is 0 Å². The van der Waals surface area contributed by atoms with Crippen LogP contribution in [0.1, 0.15) is 24.8 Å². The van der Waals surface area contributed by atoms with Gasteiger partial charge in [-0.05, 0) is 49.9 Å². The monoisotopic (exact) mass is 283 g/mol. The minimum atomic E-state index is 0.259. The lowest BCUT2D eigenvalue weighted by Gasteiger charge is -2.37. The summed E-state index contributed by atoms with van der Waals surface area (Å²) in [6, 6.07) is 6.66. The van der Waals surface area contributed by atoms with Gasteiger partial charge in [0.25, 0.3) is 0 Å². The lowest BCUT2D eigenvalue weighted by Crippen LogP contribution is -2.42. The predicted molar refractivity (Wildman–Crippen MR) is 70.9 cm³/mol. The Hall–Kier alpha value is -0.540. The van der Waals surface area contributed by atoms with Gasteiger partial charge in [-0.2, -0.15) is 0 Å². The van der Waals surface area contributed by atoms with Crippen molar-refractivity contribution in [2.45, 2.75) is 32.2 Å². The van der Waals surface area contributed by atoms with Crippen molar-refractivity contribution in [2.24, 2.45) is 0 Å². The number of rotatable bonds is 2. The van der Waals surface area contributed by atoms with Gasteiger partial charge in [-0.1, -0.05) is 15.9 Å². The van der Waals surface area contributed by atoms with E-state index >= 15 is 0 Å². The summed E-state index contributed by atoms with van der Waals surface area (Å²) in [4.78, 5) is 2.35. The molecule has 1 heterocycles. The summed E-state index contributed by atoms with van der Waals surface area (Å²) in [7, 11) is 0. The average Bonchev–Trinajstić information content (AvgIpc) is 2.29. The fourth-order valence-corrected chi connectivity index (χ4v) is 2.92. The summed E-state index contributed by atoms with van der Waals surface area (Å²) >= 11 is 3.48. The summed E-state index contributed by atoms with van der Waals surface area (Å²) in [5, 5.41) is 9.42. The van der Waals surface area contributed by atoms with E-state index in [9.17, 15) is 5.11 Å². The second kappa shape index (κ2) is 5.19. The molecule has 1 aromatic rings. The maximum atomic E-state index is 9.42. The van der Waals surface area contributed by atoms with Crippen molar-refractivity contribution in [3.8, 4) is 0 Å². The van der Waals surface area contributed by atoms with E-state index < -0.39 is 0 Å². The molecule has 88 valence electrons. The summed E-state index contributed by atoms with van der Waals surface area (Å²) < 4.78 is 1.12. The Morgan fingerprint density at radius 2 is 2.25 bits per heavy atom. The lowest BCUT2D eigenvalue weighted by atomic mass is 10.0. The van der Waals surface area contributed by atoms with Gasteiger partial charge in [0.15, 0.2) is 0 Å². The molecule has 1 atom stereocenters. The maximum Gasteiger partial charge on any atom is 0.0635 e. The van der Waals surface area contributed by atoms with E-state index in [0.29, 0.717) is 6.04 Å². The van der Waals surface area contributed by atoms with Crippen LogP contribution in [0.3, 0.4) is 0 Å². The Labute approximate surface area is 105 Å². The quantitative estimate of drug-likeness (QED) is 0.902. The minimum absolute atomic E-state index is 0.259. The number of piperidine rings is 1. The molecule has 1 fully saturated rings. The largest absolute Gasteiger partial charge is 0.394 e. The SMILES string of the molecule is Cc1cc(Br)ccc1N1CCCCC1CO. The molecule has 1 N–H and O–H groups in total. The van der Waals surface area contributed by atoms with Crippen LogP contribution in [0.4, 0.5) is 5.69 Å². The Kier molecular flexibility index (Phi) is 3.87. The van der Waals surface area contributed by atoms with Crippen LogP contribution in [0, 0.1) is 6.92 Å². The summed E-state index contributed by atoms with van der Waals surface area (Å²) in [6.07, 6.45) is 3.56. The zero-order valence-corrected chi connectivity index (χ0v) is 11.2. The highest BCUT2D eigenvalue weighted by Gasteiger charge is 2.22. The van der Waals surface area contributed by atoms with E-state index in [0.717, 1.165) is 17.4 Å². The van der Waals surface area contributed by atoms with Crippen molar-refractivity contribution in [1.82, 2.24) is 0 Å². The Balaban J connectivity index is 2.27. The molecule has 1 saturated heterocycles. The standard InChI is InChI=1S/C13H18BrNO/c1-10-8-11(14)5-6-13(10)15-7-3-2-4-12(15)9-16/h5-6,8,12,16H,2-4,7,9H2,1H3. The van der Waals surface area contributed by atoms with E-state index in [-0.39, 0.29) is 6.61 Å². The van der Waals surface area contributed by atoms with E-state index in [1.54, 1.807) is 0 Å². The van der Waals surface area contributed by atoms with Gasteiger partial charge in [-0.25, -0.2) is 0 Å². The van der Waals surface area contributed by atoms with Gasteiger partial charge in [-0.3, -0.25) is 0 Å². The molecule has 0 bridgehead atoms. The highest BCUT2D eigenvalue weighted by molar-refractivity contribution is 9.10. The third kappa shape index (κ3) is 2.41. The normalized spacial score (nSPS) is 21.2. The number of aliphatic hydroxyl groups is 1. The molecule has 3 heteroatoms. The lowest BCUT2D eigenvalue weighted by molar-refractivity contribution is 0.240. The van der Waals surface area contributed by atoms with Crippen molar-refractivity contribution in [3.05, 3.63) is 28.2 Å². The van der Waals surface area contributed by atoms with E-state index in [4.69, 9.17) is 0 Å². The fourth-order valence-electron chi connectivity index (χ4n) is 2.45. The first-order chi connectivity index (χ1) is 7.72. The zero-order chi connectivity index (χ0) is 11.5. The third-order valence-corrected chi connectivity index (χ3v) is 3.80. The molecule has 16 heavy (non-hydrogen) atoms. The van der Waals surface area contributed by atoms with Gasteiger partial charge < -0.3 is 10.0 Å². The number of aliphatic hydroxyl groups excluding tert-OH is 1. The second-order valence-electron chi connectivity index (χ2n) is 4.46. The maximum absolute atomic E-state index is 9.42. The summed E-state index contributed by atoms with van der Waals surface area (Å²) in [5.41, 5.74) is 2.54. The first-order valence-corrected chi connectivity index (χ1v) is 6.65. The number of aryl methyl sites for hydroxylation is 1. The molecule has 0 aromatic heterocycles. The van der Waals surface area contributed by atoms with E-state index in [1.165, 1.54) is 24.1 Å². The fraction of sp³-hybridized carbons (Fsp3) is 0.538. The molecule has 1 unspecified atom stereocenters. The van der Waals surface area contributed by atoms with E-state index in [2.05, 4.69) is 46.0 Å². The number of hydrogen-bond donors (Lipinski definition) is 1. The molecule has 1 aliphatic heterocycles. The molecule has 0 spiro atoms. The van der Waals surface area contributed by atoms with Crippen LogP contribution in [0.2, 0.25) is 0 Å². The highest BCUT2D eigenvalue weighted by atomic mass is 79.9. The first kappa shape index (κ1) is 11.9. The van der Waals surface area contributed by atoms with Gasteiger partial charge in [0.2, 0.25) is 0 Å². The van der Waals surface area contributed by atoms with Gasteiger partial charge in [0.05, 0.1) is 12.6 Å². The highest BCUT2D eigenvalue weighted by Crippen LogP contribution is 2.29. The molecule has 2 nitrogen and oxygen atoms in total. The van der Waals surface area contributed by atoms with Crippen molar-refractivity contribution < 1.29 is 5.11 Å². The van der Waals surface area contributed by atoms with Crippen LogP contribution >= 0.6 is 15.9 Å². The van der Waals surface area contributed by atoms with Crippen molar-refractivity contribution >= 4 is 21.6 Å². The molecule has 0 radical (unpaired) electrons. The van der Waals surface area contributed by atoms with Crippen molar-refractivity contribution in [1.29, 1.82) is 0 Å². The van der Waals surface area contributed by atoms with Gasteiger partial charge >= 0.3 is 0 Å². The summed E-state index contributed by atoms with van der Waals surface area (Å²) in [6.45, 7) is 3.45. The number of anilines is 1. The third-order valence-electron chi connectivity index (χ3n) is 3.31. The average molecular weight is 284 g/mol. The Morgan fingerprint density at radius 1 is 1.44 bits per heavy atom. The molecule has 1 aliphatic rings. The molecular formula is C13H18BrNO. The van der Waals surface area contributed by atoms with Crippen molar-refractivity contribution in [2.75, 3.05) is 18.1 Å². The minimum Gasteiger partial charge on any atom is -0.394 e. The van der Waals surface area contributed by atoms with Crippen LogP contribution < -0.4 is 4.90 Å². The van der Waals surface area contributed by atoms with Gasteiger partial charge in [-0.15, -0.1) is 0 Å². The number of halogens is 1. The molecule has 0 saturated carbocycles. The zero-order valence-electron chi connectivity index (χ0n) is 9.62.